The number of ether oxygens (including phenoxy) is 1. The van der Waals surface area contributed by atoms with Crippen molar-refractivity contribution in [2.24, 2.45) is 5.92 Å². The predicted molar refractivity (Wildman–Crippen MR) is 70.5 cm³/mol. The van der Waals surface area contributed by atoms with E-state index in [2.05, 4.69) is 13.8 Å². The van der Waals surface area contributed by atoms with Gasteiger partial charge in [0.2, 0.25) is 0 Å². The van der Waals surface area contributed by atoms with Crippen LogP contribution in [0.25, 0.3) is 0 Å². The molecule has 0 N–H and O–H groups in total. The third-order valence-corrected chi connectivity index (χ3v) is 2.90. The monoisotopic (exact) mass is 234 g/mol. The van der Waals surface area contributed by atoms with Crippen molar-refractivity contribution in [3.05, 3.63) is 34.9 Å². The minimum atomic E-state index is 0.0665. The van der Waals surface area contributed by atoms with Gasteiger partial charge in [0.05, 0.1) is 0 Å². The molecule has 0 aliphatic rings. The SMILES string of the molecule is Cc1ccc(C(=O)COCCC(C)C)cc1C. The largest absolute Gasteiger partial charge is 0.373 e. The number of hydrogen-bond acceptors (Lipinski definition) is 2. The Bertz CT molecular complexity index is 381. The number of hydrogen-bond donors (Lipinski definition) is 0. The van der Waals surface area contributed by atoms with Crippen LogP contribution in [0.15, 0.2) is 18.2 Å². The van der Waals surface area contributed by atoms with Crippen LogP contribution in [0, 0.1) is 19.8 Å². The van der Waals surface area contributed by atoms with E-state index >= 15 is 0 Å². The first kappa shape index (κ1) is 13.9. The van der Waals surface area contributed by atoms with Crippen molar-refractivity contribution in [3.63, 3.8) is 0 Å². The summed E-state index contributed by atoms with van der Waals surface area (Å²) >= 11 is 0. The Balaban J connectivity index is 2.44. The first-order valence-electron chi connectivity index (χ1n) is 6.19. The smallest absolute Gasteiger partial charge is 0.188 e. The second-order valence-corrected chi connectivity index (χ2v) is 4.96. The average molecular weight is 234 g/mol. The van der Waals surface area contributed by atoms with Gasteiger partial charge in [-0.3, -0.25) is 4.79 Å². The Morgan fingerprint density at radius 2 is 1.94 bits per heavy atom. The van der Waals surface area contributed by atoms with Gasteiger partial charge in [0, 0.05) is 12.2 Å². The first-order chi connectivity index (χ1) is 8.00. The second kappa shape index (κ2) is 6.55. The molecule has 1 rings (SSSR count). The molecular formula is C15H22O2. The summed E-state index contributed by atoms with van der Waals surface area (Å²) in [4.78, 5) is 11.8. The van der Waals surface area contributed by atoms with Crippen LogP contribution in [-0.4, -0.2) is 19.0 Å². The zero-order valence-corrected chi connectivity index (χ0v) is 11.2. The molecule has 0 aromatic heterocycles. The quantitative estimate of drug-likeness (QED) is 0.556. The Morgan fingerprint density at radius 3 is 2.53 bits per heavy atom. The van der Waals surface area contributed by atoms with E-state index in [0.717, 1.165) is 17.5 Å². The Labute approximate surface area is 104 Å². The average Bonchev–Trinajstić information content (AvgIpc) is 2.27. The van der Waals surface area contributed by atoms with Gasteiger partial charge in [-0.25, -0.2) is 0 Å². The van der Waals surface area contributed by atoms with Gasteiger partial charge in [-0.1, -0.05) is 26.0 Å². The van der Waals surface area contributed by atoms with Crippen LogP contribution in [0.3, 0.4) is 0 Å². The summed E-state index contributed by atoms with van der Waals surface area (Å²) in [6.45, 7) is 9.21. The Kier molecular flexibility index (Phi) is 5.36. The fourth-order valence-electron chi connectivity index (χ4n) is 1.48. The highest BCUT2D eigenvalue weighted by Gasteiger charge is 2.07. The van der Waals surface area contributed by atoms with Gasteiger partial charge in [0.25, 0.3) is 0 Å². The molecule has 2 nitrogen and oxygen atoms in total. The van der Waals surface area contributed by atoms with E-state index in [1.807, 2.05) is 32.0 Å². The van der Waals surface area contributed by atoms with Crippen molar-refractivity contribution in [3.8, 4) is 0 Å². The normalized spacial score (nSPS) is 10.9. The molecule has 0 amide bonds. The Morgan fingerprint density at radius 1 is 1.24 bits per heavy atom. The molecule has 17 heavy (non-hydrogen) atoms. The molecule has 0 radical (unpaired) electrons. The highest BCUT2D eigenvalue weighted by Crippen LogP contribution is 2.10. The Hall–Kier alpha value is -1.15. The predicted octanol–water partition coefficient (Wildman–Crippen LogP) is 3.55. The summed E-state index contributed by atoms with van der Waals surface area (Å²) in [5, 5.41) is 0. The highest BCUT2D eigenvalue weighted by atomic mass is 16.5. The molecule has 1 aromatic rings. The number of carbonyl (C=O) groups is 1. The van der Waals surface area contributed by atoms with Gasteiger partial charge in [-0.2, -0.15) is 0 Å². The number of benzene rings is 1. The number of carbonyl (C=O) groups excluding carboxylic acids is 1. The number of aryl methyl sites for hydroxylation is 2. The van der Waals surface area contributed by atoms with Crippen LogP contribution in [0.5, 0.6) is 0 Å². The van der Waals surface area contributed by atoms with E-state index in [-0.39, 0.29) is 12.4 Å². The van der Waals surface area contributed by atoms with Crippen molar-refractivity contribution in [2.75, 3.05) is 13.2 Å². The third kappa shape index (κ3) is 4.70. The van der Waals surface area contributed by atoms with Crippen molar-refractivity contribution in [2.45, 2.75) is 34.1 Å². The molecular weight excluding hydrogens is 212 g/mol. The highest BCUT2D eigenvalue weighted by molar-refractivity contribution is 5.97. The molecule has 0 saturated heterocycles. The van der Waals surface area contributed by atoms with Crippen molar-refractivity contribution >= 4 is 5.78 Å². The van der Waals surface area contributed by atoms with Gasteiger partial charge < -0.3 is 4.74 Å². The molecule has 94 valence electrons. The van der Waals surface area contributed by atoms with E-state index in [0.29, 0.717) is 12.5 Å². The van der Waals surface area contributed by atoms with Crippen molar-refractivity contribution in [1.82, 2.24) is 0 Å². The molecule has 2 heteroatoms. The van der Waals surface area contributed by atoms with Gasteiger partial charge in [-0.05, 0) is 43.4 Å². The molecule has 0 aliphatic carbocycles. The van der Waals surface area contributed by atoms with Gasteiger partial charge >= 0.3 is 0 Å². The fraction of sp³-hybridized carbons (Fsp3) is 0.533. The van der Waals surface area contributed by atoms with E-state index < -0.39 is 0 Å². The van der Waals surface area contributed by atoms with E-state index in [1.165, 1.54) is 5.56 Å². The van der Waals surface area contributed by atoms with Crippen molar-refractivity contribution < 1.29 is 9.53 Å². The first-order valence-corrected chi connectivity index (χ1v) is 6.19. The van der Waals surface area contributed by atoms with Crippen LogP contribution in [0.2, 0.25) is 0 Å². The summed E-state index contributed by atoms with van der Waals surface area (Å²) in [5.74, 6) is 0.684. The summed E-state index contributed by atoms with van der Waals surface area (Å²) in [7, 11) is 0. The molecule has 0 bridgehead atoms. The maximum absolute atomic E-state index is 11.8. The minimum Gasteiger partial charge on any atom is -0.373 e. The topological polar surface area (TPSA) is 26.3 Å². The standard InChI is InChI=1S/C15H22O2/c1-11(2)7-8-17-10-15(16)14-6-5-12(3)13(4)9-14/h5-6,9,11H,7-8,10H2,1-4H3. The zero-order chi connectivity index (χ0) is 12.8. The van der Waals surface area contributed by atoms with Crippen LogP contribution < -0.4 is 0 Å². The number of rotatable bonds is 6. The molecule has 0 spiro atoms. The van der Waals surface area contributed by atoms with E-state index in [1.54, 1.807) is 0 Å². The minimum absolute atomic E-state index is 0.0665. The fourth-order valence-corrected chi connectivity index (χ4v) is 1.48. The summed E-state index contributed by atoms with van der Waals surface area (Å²) in [6, 6.07) is 5.79. The zero-order valence-electron chi connectivity index (χ0n) is 11.2. The van der Waals surface area contributed by atoms with Crippen LogP contribution in [-0.2, 0) is 4.74 Å². The lowest BCUT2D eigenvalue weighted by Gasteiger charge is -2.07. The van der Waals surface area contributed by atoms with Gasteiger partial charge in [0.1, 0.15) is 6.61 Å². The lowest BCUT2D eigenvalue weighted by atomic mass is 10.0. The third-order valence-electron chi connectivity index (χ3n) is 2.90. The lowest BCUT2D eigenvalue weighted by molar-refractivity contribution is 0.0739. The number of ketones is 1. The van der Waals surface area contributed by atoms with Crippen LogP contribution in [0.1, 0.15) is 41.8 Å². The summed E-state index contributed by atoms with van der Waals surface area (Å²) in [5.41, 5.74) is 3.11. The second-order valence-electron chi connectivity index (χ2n) is 4.96. The molecule has 0 unspecified atom stereocenters. The molecule has 1 aromatic carbocycles. The maximum Gasteiger partial charge on any atom is 0.188 e. The van der Waals surface area contributed by atoms with Gasteiger partial charge in [-0.15, -0.1) is 0 Å². The van der Waals surface area contributed by atoms with Crippen LogP contribution in [0.4, 0.5) is 0 Å². The molecule has 0 fully saturated rings. The van der Waals surface area contributed by atoms with E-state index in [4.69, 9.17) is 4.74 Å². The molecule has 0 atom stereocenters. The van der Waals surface area contributed by atoms with Crippen molar-refractivity contribution in [1.29, 1.82) is 0 Å². The molecule has 0 aliphatic heterocycles. The van der Waals surface area contributed by atoms with Gasteiger partial charge in [0.15, 0.2) is 5.78 Å². The summed E-state index contributed by atoms with van der Waals surface area (Å²) < 4.78 is 5.38. The molecule has 0 saturated carbocycles. The van der Waals surface area contributed by atoms with Crippen LogP contribution >= 0.6 is 0 Å². The lowest BCUT2D eigenvalue weighted by Crippen LogP contribution is -2.11. The number of Topliss-reactive ketones (excluding diaryl/α,β-unsaturated/α-hetero) is 1. The maximum atomic E-state index is 11.8. The summed E-state index contributed by atoms with van der Waals surface area (Å²) in [6.07, 6.45) is 1.00. The van der Waals surface area contributed by atoms with E-state index in [9.17, 15) is 4.79 Å². The molecule has 0 heterocycles.